The predicted octanol–water partition coefficient (Wildman–Crippen LogP) is 3.66. The summed E-state index contributed by atoms with van der Waals surface area (Å²) in [5.74, 6) is -1.11. The molecule has 0 radical (unpaired) electrons. The van der Waals surface area contributed by atoms with Gasteiger partial charge in [0.05, 0.1) is 0 Å². The Morgan fingerprint density at radius 3 is 2.62 bits per heavy atom. The second kappa shape index (κ2) is 14.2. The van der Waals surface area contributed by atoms with E-state index in [1.807, 2.05) is 12.1 Å². The summed E-state index contributed by atoms with van der Waals surface area (Å²) in [6.45, 7) is 8.04. The zero-order chi connectivity index (χ0) is 24.4. The van der Waals surface area contributed by atoms with E-state index in [4.69, 9.17) is 9.84 Å². The number of rotatable bonds is 10. The fraction of sp³-hybridized carbons (Fsp3) is 0.640. The van der Waals surface area contributed by atoms with Gasteiger partial charge in [-0.05, 0) is 62.9 Å². The number of hydrogen-bond acceptors (Lipinski definition) is 5. The molecule has 0 aromatic heterocycles. The van der Waals surface area contributed by atoms with Crippen LogP contribution in [0.4, 0.5) is 4.79 Å². The van der Waals surface area contributed by atoms with Gasteiger partial charge in [-0.25, -0.2) is 9.59 Å². The molecule has 1 heterocycles. The second-order valence-electron chi connectivity index (χ2n) is 9.40. The molecule has 0 spiro atoms. The highest BCUT2D eigenvalue weighted by molar-refractivity contribution is 7.59. The Hall–Kier alpha value is -2.26. The molecule has 2 amide bonds. The van der Waals surface area contributed by atoms with Crippen molar-refractivity contribution in [2.24, 2.45) is 5.92 Å². The van der Waals surface area contributed by atoms with Gasteiger partial charge in [-0.2, -0.15) is 13.5 Å². The number of nitrogens with zero attached hydrogens (tertiary/aromatic N) is 1. The van der Waals surface area contributed by atoms with Crippen molar-refractivity contribution in [1.82, 2.24) is 15.5 Å². The molecule has 1 aliphatic heterocycles. The molecule has 1 unspecified atom stereocenters. The number of carboxylic acids is 1. The van der Waals surface area contributed by atoms with Crippen LogP contribution in [0.5, 0.6) is 5.75 Å². The van der Waals surface area contributed by atoms with Crippen molar-refractivity contribution in [2.45, 2.75) is 70.8 Å². The summed E-state index contributed by atoms with van der Waals surface area (Å²) in [7, 11) is 2.16. The maximum absolute atomic E-state index is 12.2. The van der Waals surface area contributed by atoms with Gasteiger partial charge in [0.2, 0.25) is 5.91 Å². The lowest BCUT2D eigenvalue weighted by Crippen LogP contribution is -2.44. The van der Waals surface area contributed by atoms with Gasteiger partial charge in [0, 0.05) is 24.9 Å². The first-order valence-electron chi connectivity index (χ1n) is 11.9. The van der Waals surface area contributed by atoms with Gasteiger partial charge in [0.15, 0.2) is 0 Å². The van der Waals surface area contributed by atoms with Crippen molar-refractivity contribution in [3.63, 3.8) is 0 Å². The molecule has 1 fully saturated rings. The number of likely N-dealkylation sites (N-methyl/N-ethyl adjacent to an activating group) is 1. The molecule has 0 bridgehead atoms. The van der Waals surface area contributed by atoms with Gasteiger partial charge in [-0.3, -0.25) is 4.79 Å². The molecule has 9 heteroatoms. The monoisotopic (exact) mass is 495 g/mol. The number of benzene rings is 1. The maximum Gasteiger partial charge on any atom is 0.412 e. The molecule has 1 aromatic rings. The third-order valence-electron chi connectivity index (χ3n) is 6.45. The molecule has 1 aliphatic rings. The Labute approximate surface area is 210 Å². The van der Waals surface area contributed by atoms with E-state index < -0.39 is 18.1 Å². The summed E-state index contributed by atoms with van der Waals surface area (Å²) >= 11 is 0. The molecule has 3 N–H and O–H groups in total. The number of carboxylic acid groups (broad SMARTS) is 1. The molecule has 0 saturated carbocycles. The van der Waals surface area contributed by atoms with E-state index in [0.717, 1.165) is 25.9 Å². The van der Waals surface area contributed by atoms with E-state index in [1.165, 1.54) is 18.4 Å². The third kappa shape index (κ3) is 8.83. The van der Waals surface area contributed by atoms with Crippen LogP contribution in [0.3, 0.4) is 0 Å². The van der Waals surface area contributed by atoms with Crippen LogP contribution in [0.25, 0.3) is 0 Å². The fourth-order valence-electron chi connectivity index (χ4n) is 4.48. The smallest absolute Gasteiger partial charge is 0.412 e. The van der Waals surface area contributed by atoms with Crippen LogP contribution in [-0.2, 0) is 15.0 Å². The average Bonchev–Trinajstić information content (AvgIpc) is 2.96. The predicted molar refractivity (Wildman–Crippen MR) is 138 cm³/mol. The topological polar surface area (TPSA) is 108 Å². The summed E-state index contributed by atoms with van der Waals surface area (Å²) in [4.78, 5) is 37.8. The van der Waals surface area contributed by atoms with Crippen LogP contribution in [0.15, 0.2) is 24.3 Å². The quantitative estimate of drug-likeness (QED) is 0.428. The average molecular weight is 496 g/mol. The minimum absolute atomic E-state index is 0. The first-order valence-corrected chi connectivity index (χ1v) is 11.9. The number of carbonyl (C=O) groups is 3. The summed E-state index contributed by atoms with van der Waals surface area (Å²) in [5, 5.41) is 14.3. The zero-order valence-electron chi connectivity index (χ0n) is 20.9. The van der Waals surface area contributed by atoms with Crippen molar-refractivity contribution in [1.29, 1.82) is 0 Å². The van der Waals surface area contributed by atoms with E-state index in [1.54, 1.807) is 19.9 Å². The first-order chi connectivity index (χ1) is 15.7. The highest BCUT2D eigenvalue weighted by atomic mass is 32.1. The van der Waals surface area contributed by atoms with E-state index in [-0.39, 0.29) is 43.7 Å². The van der Waals surface area contributed by atoms with E-state index in [9.17, 15) is 14.4 Å². The second-order valence-corrected chi connectivity index (χ2v) is 9.40. The van der Waals surface area contributed by atoms with Crippen molar-refractivity contribution < 1.29 is 24.2 Å². The summed E-state index contributed by atoms with van der Waals surface area (Å²) in [6.07, 6.45) is 4.46. The van der Waals surface area contributed by atoms with E-state index in [0.29, 0.717) is 12.2 Å². The van der Waals surface area contributed by atoms with Gasteiger partial charge >= 0.3 is 12.1 Å². The standard InChI is InChI=1S/C25H39N3O5.H2S/c1-5-25(13-6-7-15-28(4)17-25)19-10-8-11-20(16-19)33-24(32)26-14-9-12-21(29)27-22(18(2)3)23(30)31;/h8,10-11,16,18,22H,5-7,9,12-15,17H2,1-4H3,(H,26,32)(H,27,29)(H,30,31);1H2/t22-,25?;/m0./s1. The Bertz CT molecular complexity index is 819. The summed E-state index contributed by atoms with van der Waals surface area (Å²) in [5.41, 5.74) is 1.25. The lowest BCUT2D eigenvalue weighted by Gasteiger charge is -2.35. The Morgan fingerprint density at radius 1 is 1.24 bits per heavy atom. The number of nitrogens with one attached hydrogen (secondary N) is 2. The molecular formula is C25H41N3O5S. The summed E-state index contributed by atoms with van der Waals surface area (Å²) < 4.78 is 5.49. The van der Waals surface area contributed by atoms with Crippen molar-refractivity contribution in [2.75, 3.05) is 26.7 Å². The molecular weight excluding hydrogens is 454 g/mol. The van der Waals surface area contributed by atoms with Crippen LogP contribution >= 0.6 is 13.5 Å². The SMILES string of the molecule is CCC1(c2cccc(OC(=O)NCCCC(=O)N[C@H](C(=O)O)C(C)C)c2)CCCCN(C)C1.S. The molecule has 2 rings (SSSR count). The highest BCUT2D eigenvalue weighted by Crippen LogP contribution is 2.37. The lowest BCUT2D eigenvalue weighted by atomic mass is 9.74. The van der Waals surface area contributed by atoms with Crippen LogP contribution in [0.1, 0.15) is 64.9 Å². The summed E-state index contributed by atoms with van der Waals surface area (Å²) in [6, 6.07) is 6.87. The third-order valence-corrected chi connectivity index (χ3v) is 6.45. The minimum Gasteiger partial charge on any atom is -0.480 e. The molecule has 1 saturated heterocycles. The van der Waals surface area contributed by atoms with Gasteiger partial charge < -0.3 is 25.4 Å². The Kier molecular flexibility index (Phi) is 12.4. The molecule has 8 nitrogen and oxygen atoms in total. The van der Waals surface area contributed by atoms with E-state index in [2.05, 4.69) is 35.6 Å². The number of likely N-dealkylation sites (tertiary alicyclic amines) is 1. The van der Waals surface area contributed by atoms with E-state index >= 15 is 0 Å². The molecule has 34 heavy (non-hydrogen) atoms. The normalized spacial score (nSPS) is 19.4. The minimum atomic E-state index is -1.05. The number of carbonyl (C=O) groups excluding carboxylic acids is 2. The largest absolute Gasteiger partial charge is 0.480 e. The number of amides is 2. The first kappa shape index (κ1) is 29.8. The van der Waals surface area contributed by atoms with Crippen LogP contribution in [0, 0.1) is 5.92 Å². The van der Waals surface area contributed by atoms with Crippen molar-refractivity contribution in [3.05, 3.63) is 29.8 Å². The van der Waals surface area contributed by atoms with Gasteiger partial charge in [0.25, 0.3) is 0 Å². The van der Waals surface area contributed by atoms with Crippen molar-refractivity contribution >= 4 is 31.5 Å². The van der Waals surface area contributed by atoms with Gasteiger partial charge in [-0.1, -0.05) is 39.3 Å². The Morgan fingerprint density at radius 2 is 1.97 bits per heavy atom. The fourth-order valence-corrected chi connectivity index (χ4v) is 4.48. The maximum atomic E-state index is 12.2. The van der Waals surface area contributed by atoms with Crippen LogP contribution < -0.4 is 15.4 Å². The number of hydrogen-bond donors (Lipinski definition) is 3. The molecule has 2 atom stereocenters. The highest BCUT2D eigenvalue weighted by Gasteiger charge is 2.33. The number of aliphatic carboxylic acids is 1. The van der Waals surface area contributed by atoms with Crippen molar-refractivity contribution in [3.8, 4) is 5.75 Å². The lowest BCUT2D eigenvalue weighted by molar-refractivity contribution is -0.143. The molecule has 1 aromatic carbocycles. The molecule has 192 valence electrons. The molecule has 0 aliphatic carbocycles. The van der Waals surface area contributed by atoms with Crippen LogP contribution in [-0.4, -0.2) is 60.7 Å². The van der Waals surface area contributed by atoms with Crippen LogP contribution in [0.2, 0.25) is 0 Å². The van der Waals surface area contributed by atoms with Gasteiger partial charge in [-0.15, -0.1) is 0 Å². The van der Waals surface area contributed by atoms with Gasteiger partial charge in [0.1, 0.15) is 11.8 Å². The zero-order valence-corrected chi connectivity index (χ0v) is 21.9. The number of ether oxygens (including phenoxy) is 1. The Balaban J connectivity index is 0.00000578.